The van der Waals surface area contributed by atoms with Gasteiger partial charge in [-0.05, 0) is 44.4 Å². The lowest BCUT2D eigenvalue weighted by Crippen LogP contribution is -2.16. The third-order valence-electron chi connectivity index (χ3n) is 4.70. The molecule has 2 aromatic heterocycles. The largest absolute Gasteiger partial charge is 0.455 e. The Morgan fingerprint density at radius 2 is 2.00 bits per heavy atom. The van der Waals surface area contributed by atoms with E-state index in [9.17, 15) is 9.59 Å². The van der Waals surface area contributed by atoms with Crippen molar-refractivity contribution >= 4 is 28.2 Å². The van der Waals surface area contributed by atoms with Gasteiger partial charge in [0.1, 0.15) is 23.6 Å². The molecule has 1 N–H and O–H groups in total. The quantitative estimate of drug-likeness (QED) is 0.610. The van der Waals surface area contributed by atoms with Crippen LogP contribution in [0.2, 0.25) is 0 Å². The molecule has 28 heavy (non-hydrogen) atoms. The molecular formula is C21H20N2O4S. The van der Waals surface area contributed by atoms with Crippen molar-refractivity contribution in [3.8, 4) is 11.5 Å². The fourth-order valence-corrected chi connectivity index (χ4v) is 3.87. The van der Waals surface area contributed by atoms with E-state index in [-0.39, 0.29) is 18.4 Å². The number of amides is 1. The van der Waals surface area contributed by atoms with Crippen molar-refractivity contribution in [2.45, 2.75) is 33.3 Å². The second-order valence-electron chi connectivity index (χ2n) is 6.84. The molecule has 0 aliphatic heterocycles. The lowest BCUT2D eigenvalue weighted by Gasteiger charge is -2.07. The first-order valence-corrected chi connectivity index (χ1v) is 9.92. The number of esters is 1. The van der Waals surface area contributed by atoms with Crippen molar-refractivity contribution in [3.05, 3.63) is 58.3 Å². The van der Waals surface area contributed by atoms with Gasteiger partial charge in [-0.3, -0.25) is 4.79 Å². The molecule has 0 atom stereocenters. The van der Waals surface area contributed by atoms with Crippen LogP contribution in [0.5, 0.6) is 0 Å². The van der Waals surface area contributed by atoms with Gasteiger partial charge >= 0.3 is 5.97 Å². The van der Waals surface area contributed by atoms with E-state index in [0.717, 1.165) is 28.8 Å². The molecule has 6 nitrogen and oxygen atoms in total. The van der Waals surface area contributed by atoms with E-state index in [4.69, 9.17) is 9.15 Å². The van der Waals surface area contributed by atoms with Gasteiger partial charge in [0.05, 0.1) is 5.56 Å². The van der Waals surface area contributed by atoms with Gasteiger partial charge in [0, 0.05) is 16.4 Å². The maximum atomic E-state index is 12.7. The minimum atomic E-state index is -0.475. The molecule has 7 heteroatoms. The highest BCUT2D eigenvalue weighted by Crippen LogP contribution is 2.36. The molecule has 0 unspecified atom stereocenters. The van der Waals surface area contributed by atoms with E-state index in [1.54, 1.807) is 0 Å². The molecular weight excluding hydrogens is 376 g/mol. The van der Waals surface area contributed by atoms with Crippen molar-refractivity contribution in [2.75, 3.05) is 5.32 Å². The Kier molecular flexibility index (Phi) is 5.00. The van der Waals surface area contributed by atoms with Crippen LogP contribution in [0.25, 0.3) is 11.5 Å². The predicted molar refractivity (Wildman–Crippen MR) is 106 cm³/mol. The third-order valence-corrected chi connectivity index (χ3v) is 5.82. The van der Waals surface area contributed by atoms with Crippen LogP contribution >= 0.6 is 11.3 Å². The summed E-state index contributed by atoms with van der Waals surface area (Å²) in [7, 11) is 0. The number of hydrogen-bond acceptors (Lipinski definition) is 6. The molecule has 0 spiro atoms. The topological polar surface area (TPSA) is 81.4 Å². The summed E-state index contributed by atoms with van der Waals surface area (Å²) in [6, 6.07) is 9.51. The van der Waals surface area contributed by atoms with E-state index in [1.165, 1.54) is 17.6 Å². The fraction of sp³-hybridized carbons (Fsp3) is 0.286. The van der Waals surface area contributed by atoms with Gasteiger partial charge < -0.3 is 14.5 Å². The number of nitrogens with zero attached hydrogens (tertiary/aromatic N) is 1. The summed E-state index contributed by atoms with van der Waals surface area (Å²) in [5, 5.41) is 3.44. The predicted octanol–water partition coefficient (Wildman–Crippen LogP) is 4.73. The van der Waals surface area contributed by atoms with Crippen LogP contribution < -0.4 is 5.32 Å². The molecule has 0 saturated heterocycles. The molecule has 2 heterocycles. The number of anilines is 1. The summed E-state index contributed by atoms with van der Waals surface area (Å²) in [6.07, 6.45) is 3.30. The number of carbonyl (C=O) groups excluding carboxylic acids is 2. The number of hydrogen-bond donors (Lipinski definition) is 1. The van der Waals surface area contributed by atoms with E-state index >= 15 is 0 Å². The standard InChI is InChI=1S/C21H20N2O4S/c1-12-13(2)28-20(23-18(24)14-8-9-14)17(12)21(25)27-11-16-10-26-19(22-16)15-6-4-3-5-7-15/h3-7,10,14H,8-9,11H2,1-2H3,(H,23,24). The fourth-order valence-electron chi connectivity index (χ4n) is 2.82. The Labute approximate surface area is 166 Å². The van der Waals surface area contributed by atoms with Gasteiger partial charge in [0.2, 0.25) is 11.8 Å². The number of aryl methyl sites for hydroxylation is 1. The maximum Gasteiger partial charge on any atom is 0.341 e. The van der Waals surface area contributed by atoms with Gasteiger partial charge in [0.15, 0.2) is 0 Å². The summed E-state index contributed by atoms with van der Waals surface area (Å²) in [6.45, 7) is 3.78. The van der Waals surface area contributed by atoms with Gasteiger partial charge in [-0.25, -0.2) is 9.78 Å². The molecule has 1 saturated carbocycles. The highest BCUT2D eigenvalue weighted by atomic mass is 32.1. The third kappa shape index (κ3) is 3.84. The number of thiophene rings is 1. The molecule has 0 radical (unpaired) electrons. The average molecular weight is 396 g/mol. The molecule has 1 amide bonds. The van der Waals surface area contributed by atoms with Gasteiger partial charge in [-0.1, -0.05) is 18.2 Å². The molecule has 0 bridgehead atoms. The van der Waals surface area contributed by atoms with Crippen molar-refractivity contribution in [3.63, 3.8) is 0 Å². The maximum absolute atomic E-state index is 12.7. The van der Waals surface area contributed by atoms with Crippen molar-refractivity contribution in [2.24, 2.45) is 5.92 Å². The number of carbonyl (C=O) groups is 2. The first-order valence-electron chi connectivity index (χ1n) is 9.10. The van der Waals surface area contributed by atoms with E-state index < -0.39 is 5.97 Å². The number of rotatable bonds is 6. The lowest BCUT2D eigenvalue weighted by atomic mass is 10.1. The van der Waals surface area contributed by atoms with Gasteiger partial charge in [0.25, 0.3) is 0 Å². The molecule has 1 aliphatic rings. The summed E-state index contributed by atoms with van der Waals surface area (Å²) in [5.41, 5.74) is 2.63. The van der Waals surface area contributed by atoms with E-state index in [2.05, 4.69) is 10.3 Å². The van der Waals surface area contributed by atoms with Crippen LogP contribution in [-0.2, 0) is 16.1 Å². The summed E-state index contributed by atoms with van der Waals surface area (Å²) in [4.78, 5) is 30.1. The minimum absolute atomic E-state index is 0.000484. The van der Waals surface area contributed by atoms with Gasteiger partial charge in [-0.2, -0.15) is 0 Å². The Morgan fingerprint density at radius 3 is 2.71 bits per heavy atom. The zero-order valence-corrected chi connectivity index (χ0v) is 16.5. The zero-order chi connectivity index (χ0) is 19.7. The van der Waals surface area contributed by atoms with Crippen LogP contribution in [-0.4, -0.2) is 16.9 Å². The van der Waals surface area contributed by atoms with Crippen molar-refractivity contribution in [1.29, 1.82) is 0 Å². The van der Waals surface area contributed by atoms with Crippen LogP contribution in [0.4, 0.5) is 5.00 Å². The Hall–Kier alpha value is -2.93. The van der Waals surface area contributed by atoms with Gasteiger partial charge in [-0.15, -0.1) is 11.3 Å². The van der Waals surface area contributed by atoms with Crippen LogP contribution in [0, 0.1) is 19.8 Å². The summed E-state index contributed by atoms with van der Waals surface area (Å²) >= 11 is 1.40. The molecule has 1 aliphatic carbocycles. The zero-order valence-electron chi connectivity index (χ0n) is 15.7. The smallest absolute Gasteiger partial charge is 0.341 e. The second-order valence-corrected chi connectivity index (χ2v) is 8.06. The summed E-state index contributed by atoms with van der Waals surface area (Å²) in [5.74, 6) is 0.0428. The molecule has 3 aromatic rings. The Balaban J connectivity index is 1.45. The molecule has 144 valence electrons. The number of ether oxygens (including phenoxy) is 1. The van der Waals surface area contributed by atoms with Crippen molar-refractivity contribution in [1.82, 2.24) is 4.98 Å². The normalized spacial score (nSPS) is 13.4. The number of oxazole rings is 1. The SMILES string of the molecule is Cc1sc(NC(=O)C2CC2)c(C(=O)OCc2coc(-c3ccccc3)n2)c1C. The number of benzene rings is 1. The number of nitrogens with one attached hydrogen (secondary N) is 1. The average Bonchev–Trinajstić information content (AvgIpc) is 3.38. The van der Waals surface area contributed by atoms with Crippen LogP contribution in [0.15, 0.2) is 41.0 Å². The van der Waals surface area contributed by atoms with Crippen LogP contribution in [0.3, 0.4) is 0 Å². The van der Waals surface area contributed by atoms with E-state index in [0.29, 0.717) is 22.1 Å². The van der Waals surface area contributed by atoms with Crippen LogP contribution in [0.1, 0.15) is 39.3 Å². The monoisotopic (exact) mass is 396 g/mol. The highest BCUT2D eigenvalue weighted by Gasteiger charge is 2.31. The van der Waals surface area contributed by atoms with E-state index in [1.807, 2.05) is 44.2 Å². The van der Waals surface area contributed by atoms with Crippen molar-refractivity contribution < 1.29 is 18.7 Å². The molecule has 1 fully saturated rings. The highest BCUT2D eigenvalue weighted by molar-refractivity contribution is 7.16. The second kappa shape index (κ2) is 7.59. The number of aromatic nitrogens is 1. The first kappa shape index (κ1) is 18.4. The minimum Gasteiger partial charge on any atom is -0.455 e. The summed E-state index contributed by atoms with van der Waals surface area (Å²) < 4.78 is 10.9. The Bertz CT molecular complexity index is 1020. The lowest BCUT2D eigenvalue weighted by molar-refractivity contribution is -0.117. The first-order chi connectivity index (χ1) is 13.5. The Morgan fingerprint density at radius 1 is 1.25 bits per heavy atom. The molecule has 4 rings (SSSR count). The molecule has 1 aromatic carbocycles.